The van der Waals surface area contributed by atoms with Gasteiger partial charge in [0.1, 0.15) is 0 Å². The number of aliphatic hydroxyl groups is 1. The van der Waals surface area contributed by atoms with Gasteiger partial charge in [0.15, 0.2) is 0 Å². The Morgan fingerprint density at radius 3 is 2.50 bits per heavy atom. The summed E-state index contributed by atoms with van der Waals surface area (Å²) in [5, 5.41) is 8.56. The van der Waals surface area contributed by atoms with E-state index in [-0.39, 0.29) is 6.61 Å². The van der Waals surface area contributed by atoms with Crippen molar-refractivity contribution in [1.29, 1.82) is 0 Å². The Morgan fingerprint density at radius 1 is 1.50 bits per heavy atom. The Labute approximate surface area is 74.1 Å². The molecule has 0 unspecified atom stereocenters. The molecule has 0 aliphatic rings. The zero-order chi connectivity index (χ0) is 9.56. The first-order valence-corrected chi connectivity index (χ1v) is 3.99. The fourth-order valence-corrected chi connectivity index (χ4v) is 0.804. The lowest BCUT2D eigenvalue weighted by Gasteiger charge is -2.04. The van der Waals surface area contributed by atoms with Gasteiger partial charge in [0.2, 0.25) is 0 Å². The van der Waals surface area contributed by atoms with Crippen molar-refractivity contribution in [3.63, 3.8) is 0 Å². The second-order valence-corrected chi connectivity index (χ2v) is 2.88. The highest BCUT2D eigenvalue weighted by Gasteiger charge is 1.96. The predicted octanol–water partition coefficient (Wildman–Crippen LogP) is 1.73. The van der Waals surface area contributed by atoms with Gasteiger partial charge in [-0.3, -0.25) is 0 Å². The van der Waals surface area contributed by atoms with Crippen LogP contribution in [0.4, 0.5) is 0 Å². The second-order valence-electron chi connectivity index (χ2n) is 2.88. The van der Waals surface area contributed by atoms with Gasteiger partial charge in [-0.15, -0.1) is 0 Å². The molecule has 0 bridgehead atoms. The monoisotopic (exact) mass is 167 g/mol. The normalized spacial score (nSPS) is 11.3. The third kappa shape index (κ3) is 4.74. The minimum Gasteiger partial charge on any atom is -0.399 e. The molecule has 0 atom stereocenters. The van der Waals surface area contributed by atoms with E-state index >= 15 is 0 Å². The summed E-state index contributed by atoms with van der Waals surface area (Å²) in [5.41, 5.74) is 8.12. The maximum atomic E-state index is 8.56. The van der Waals surface area contributed by atoms with Gasteiger partial charge in [-0.1, -0.05) is 18.7 Å². The average molecular weight is 167 g/mol. The van der Waals surface area contributed by atoms with Crippen molar-refractivity contribution in [1.82, 2.24) is 0 Å². The van der Waals surface area contributed by atoms with E-state index in [1.54, 1.807) is 6.08 Å². The van der Waals surface area contributed by atoms with E-state index in [0.717, 1.165) is 17.6 Å². The molecule has 0 aromatic rings. The highest BCUT2D eigenvalue weighted by atomic mass is 16.2. The van der Waals surface area contributed by atoms with Gasteiger partial charge in [0.25, 0.3) is 0 Å². The quantitative estimate of drug-likeness (QED) is 0.612. The van der Waals surface area contributed by atoms with Crippen LogP contribution in [0.2, 0.25) is 0 Å². The third-order valence-corrected chi connectivity index (χ3v) is 1.45. The van der Waals surface area contributed by atoms with Crippen LogP contribution in [-0.4, -0.2) is 11.7 Å². The van der Waals surface area contributed by atoms with Crippen molar-refractivity contribution in [2.75, 3.05) is 6.61 Å². The highest BCUT2D eigenvalue weighted by Crippen LogP contribution is 2.10. The van der Waals surface area contributed by atoms with Crippen LogP contribution in [0.25, 0.3) is 0 Å². The number of rotatable bonds is 5. The molecule has 2 heteroatoms. The summed E-state index contributed by atoms with van der Waals surface area (Å²) in [6, 6.07) is 0. The summed E-state index contributed by atoms with van der Waals surface area (Å²) in [7, 11) is 0. The molecule has 0 saturated carbocycles. The Kier molecular flexibility index (Phi) is 5.13. The summed E-state index contributed by atoms with van der Waals surface area (Å²) in [4.78, 5) is 0. The molecule has 0 aliphatic heterocycles. The number of hydrogen-bond donors (Lipinski definition) is 2. The Hall–Kier alpha value is -1.02. The van der Waals surface area contributed by atoms with Gasteiger partial charge < -0.3 is 10.8 Å². The minimum atomic E-state index is 0.180. The number of nitrogens with two attached hydrogens (primary N) is 1. The van der Waals surface area contributed by atoms with E-state index in [0.29, 0.717) is 12.1 Å². The molecular weight excluding hydrogens is 150 g/mol. The van der Waals surface area contributed by atoms with Crippen LogP contribution in [0.15, 0.2) is 36.1 Å². The van der Waals surface area contributed by atoms with Crippen molar-refractivity contribution < 1.29 is 5.11 Å². The lowest BCUT2D eigenvalue weighted by atomic mass is 10.1. The summed E-state index contributed by atoms with van der Waals surface area (Å²) >= 11 is 0. The predicted molar refractivity (Wildman–Crippen MR) is 52.5 cm³/mol. The average Bonchev–Trinajstić information content (AvgIpc) is 1.98. The topological polar surface area (TPSA) is 46.2 Å². The van der Waals surface area contributed by atoms with E-state index < -0.39 is 0 Å². The largest absolute Gasteiger partial charge is 0.399 e. The van der Waals surface area contributed by atoms with Gasteiger partial charge in [-0.05, 0) is 31.4 Å². The second kappa shape index (κ2) is 5.61. The molecule has 3 N–H and O–H groups in total. The van der Waals surface area contributed by atoms with Gasteiger partial charge in [-0.2, -0.15) is 0 Å². The molecular formula is C10H17NO. The van der Waals surface area contributed by atoms with Crippen molar-refractivity contribution in [3.8, 4) is 0 Å². The molecule has 0 aliphatic carbocycles. The van der Waals surface area contributed by atoms with Crippen LogP contribution >= 0.6 is 0 Å². The number of allylic oxidation sites excluding steroid dienone is 3. The molecule has 0 aromatic carbocycles. The summed E-state index contributed by atoms with van der Waals surface area (Å²) in [6.07, 6.45) is 3.25. The van der Waals surface area contributed by atoms with Crippen LogP contribution < -0.4 is 5.73 Å². The summed E-state index contributed by atoms with van der Waals surface area (Å²) in [6.45, 7) is 9.57. The first-order chi connectivity index (χ1) is 5.57. The SMILES string of the molecule is C=C(C)/C=C(/N)C(=C)CCCO. The Balaban J connectivity index is 4.01. The van der Waals surface area contributed by atoms with Gasteiger partial charge in [0.05, 0.1) is 0 Å². The summed E-state index contributed by atoms with van der Waals surface area (Å²) < 4.78 is 0. The lowest BCUT2D eigenvalue weighted by Crippen LogP contribution is -2.01. The van der Waals surface area contributed by atoms with E-state index in [4.69, 9.17) is 10.8 Å². The maximum absolute atomic E-state index is 8.56. The van der Waals surface area contributed by atoms with E-state index in [1.807, 2.05) is 6.92 Å². The maximum Gasteiger partial charge on any atom is 0.0434 e. The molecule has 0 radical (unpaired) electrons. The molecule has 0 rings (SSSR count). The molecule has 0 fully saturated rings. The van der Waals surface area contributed by atoms with Crippen LogP contribution in [-0.2, 0) is 0 Å². The van der Waals surface area contributed by atoms with Gasteiger partial charge in [0, 0.05) is 12.3 Å². The Morgan fingerprint density at radius 2 is 2.08 bits per heavy atom. The molecule has 12 heavy (non-hydrogen) atoms. The zero-order valence-electron chi connectivity index (χ0n) is 7.64. The standard InChI is InChI=1S/C10H17NO/c1-8(2)7-10(11)9(3)5-4-6-12/h7,12H,1,3-6,11H2,2H3/b10-7+. The zero-order valence-corrected chi connectivity index (χ0v) is 7.64. The van der Waals surface area contributed by atoms with Crippen molar-refractivity contribution in [2.45, 2.75) is 19.8 Å². The van der Waals surface area contributed by atoms with Gasteiger partial charge >= 0.3 is 0 Å². The lowest BCUT2D eigenvalue weighted by molar-refractivity contribution is 0.288. The first-order valence-electron chi connectivity index (χ1n) is 3.99. The highest BCUT2D eigenvalue weighted by molar-refractivity contribution is 5.31. The molecule has 2 nitrogen and oxygen atoms in total. The fourth-order valence-electron chi connectivity index (χ4n) is 0.804. The molecule has 68 valence electrons. The first kappa shape index (κ1) is 11.0. The molecule has 0 heterocycles. The van der Waals surface area contributed by atoms with Crippen LogP contribution in [0.3, 0.4) is 0 Å². The van der Waals surface area contributed by atoms with Crippen molar-refractivity contribution in [2.24, 2.45) is 5.73 Å². The van der Waals surface area contributed by atoms with Crippen molar-refractivity contribution >= 4 is 0 Å². The van der Waals surface area contributed by atoms with Crippen LogP contribution in [0.5, 0.6) is 0 Å². The van der Waals surface area contributed by atoms with Gasteiger partial charge in [-0.25, -0.2) is 0 Å². The van der Waals surface area contributed by atoms with Crippen molar-refractivity contribution in [3.05, 3.63) is 36.1 Å². The molecule has 0 aromatic heterocycles. The summed E-state index contributed by atoms with van der Waals surface area (Å²) in [5.74, 6) is 0. The smallest absolute Gasteiger partial charge is 0.0434 e. The van der Waals surface area contributed by atoms with E-state index in [9.17, 15) is 0 Å². The third-order valence-electron chi connectivity index (χ3n) is 1.45. The van der Waals surface area contributed by atoms with Crippen LogP contribution in [0.1, 0.15) is 19.8 Å². The molecule has 0 spiro atoms. The number of hydrogen-bond acceptors (Lipinski definition) is 2. The minimum absolute atomic E-state index is 0.180. The van der Waals surface area contributed by atoms with E-state index in [1.165, 1.54) is 0 Å². The molecule has 0 amide bonds. The Bertz CT molecular complexity index is 204. The molecule has 0 saturated heterocycles. The number of aliphatic hydroxyl groups excluding tert-OH is 1. The fraction of sp³-hybridized carbons (Fsp3) is 0.400. The van der Waals surface area contributed by atoms with Crippen LogP contribution in [0, 0.1) is 0 Å². The van der Waals surface area contributed by atoms with E-state index in [2.05, 4.69) is 13.2 Å².